The highest BCUT2D eigenvalue weighted by Crippen LogP contribution is 2.13. The first-order chi connectivity index (χ1) is 11.1. The molecule has 1 aromatic heterocycles. The number of hydrogen-bond donors (Lipinski definition) is 2. The minimum Gasteiger partial charge on any atom is -0.273 e. The minimum atomic E-state index is -0.597. The van der Waals surface area contributed by atoms with E-state index >= 15 is 0 Å². The van der Waals surface area contributed by atoms with Crippen molar-refractivity contribution >= 4 is 28.8 Å². The van der Waals surface area contributed by atoms with E-state index in [1.807, 2.05) is 17.5 Å². The largest absolute Gasteiger partial charge is 0.273 e. The molecule has 0 aliphatic heterocycles. The Kier molecular flexibility index (Phi) is 5.81. The molecule has 0 saturated heterocycles. The van der Waals surface area contributed by atoms with Crippen LogP contribution in [0.2, 0.25) is 0 Å². The van der Waals surface area contributed by atoms with Gasteiger partial charge in [0.15, 0.2) is 0 Å². The summed E-state index contributed by atoms with van der Waals surface area (Å²) in [6.07, 6.45) is 1.77. The second kappa shape index (κ2) is 8.04. The molecule has 7 nitrogen and oxygen atoms in total. The topological polar surface area (TPSA) is 101 Å². The molecule has 0 aliphatic rings. The van der Waals surface area contributed by atoms with Gasteiger partial charge in [0, 0.05) is 29.0 Å². The van der Waals surface area contributed by atoms with Gasteiger partial charge in [0.2, 0.25) is 5.91 Å². The van der Waals surface area contributed by atoms with Crippen molar-refractivity contribution in [3.8, 4) is 0 Å². The Morgan fingerprint density at radius 1 is 1.17 bits per heavy atom. The van der Waals surface area contributed by atoms with Gasteiger partial charge in [0.05, 0.1) is 4.92 Å². The average Bonchev–Trinajstić information content (AvgIpc) is 3.06. The van der Waals surface area contributed by atoms with Crippen LogP contribution in [-0.2, 0) is 11.2 Å². The second-order valence-electron chi connectivity index (χ2n) is 4.74. The maximum Gasteiger partial charge on any atom is 0.270 e. The van der Waals surface area contributed by atoms with Crippen molar-refractivity contribution in [1.29, 1.82) is 0 Å². The summed E-state index contributed by atoms with van der Waals surface area (Å²) in [7, 11) is 0. The molecule has 120 valence electrons. The molecule has 23 heavy (non-hydrogen) atoms. The van der Waals surface area contributed by atoms with E-state index < -0.39 is 10.8 Å². The van der Waals surface area contributed by atoms with Crippen LogP contribution >= 0.6 is 11.3 Å². The maximum atomic E-state index is 11.8. The summed E-state index contributed by atoms with van der Waals surface area (Å²) in [5, 5.41) is 12.6. The number of thiophene rings is 1. The monoisotopic (exact) mass is 333 g/mol. The Balaban J connectivity index is 1.76. The van der Waals surface area contributed by atoms with Gasteiger partial charge >= 0.3 is 0 Å². The van der Waals surface area contributed by atoms with Crippen LogP contribution in [0.4, 0.5) is 5.69 Å². The summed E-state index contributed by atoms with van der Waals surface area (Å²) >= 11 is 1.64. The number of carbonyl (C=O) groups excluding carboxylic acids is 2. The van der Waals surface area contributed by atoms with Crippen LogP contribution in [0.5, 0.6) is 0 Å². The number of non-ortho nitro benzene ring substituents is 1. The molecule has 0 atom stereocenters. The van der Waals surface area contributed by atoms with E-state index in [-0.39, 0.29) is 23.6 Å². The third-order valence-electron chi connectivity index (χ3n) is 3.04. The van der Waals surface area contributed by atoms with Gasteiger partial charge in [-0.2, -0.15) is 0 Å². The van der Waals surface area contributed by atoms with Gasteiger partial charge in [-0.3, -0.25) is 30.6 Å². The van der Waals surface area contributed by atoms with Crippen LogP contribution in [0.1, 0.15) is 28.1 Å². The Morgan fingerprint density at radius 3 is 2.70 bits per heavy atom. The van der Waals surface area contributed by atoms with Crippen molar-refractivity contribution in [2.75, 3.05) is 0 Å². The quantitative estimate of drug-likeness (QED) is 0.626. The van der Waals surface area contributed by atoms with Gasteiger partial charge in [0.1, 0.15) is 0 Å². The van der Waals surface area contributed by atoms with Crippen molar-refractivity contribution < 1.29 is 14.5 Å². The highest BCUT2D eigenvalue weighted by atomic mass is 32.1. The fourth-order valence-electron chi connectivity index (χ4n) is 1.90. The van der Waals surface area contributed by atoms with E-state index in [1.54, 1.807) is 11.3 Å². The minimum absolute atomic E-state index is 0.109. The zero-order valence-corrected chi connectivity index (χ0v) is 13.0. The van der Waals surface area contributed by atoms with Gasteiger partial charge in [-0.25, -0.2) is 0 Å². The van der Waals surface area contributed by atoms with Crippen molar-refractivity contribution in [1.82, 2.24) is 10.9 Å². The van der Waals surface area contributed by atoms with Gasteiger partial charge in [-0.1, -0.05) is 12.1 Å². The predicted octanol–water partition coefficient (Wildman–Crippen LogP) is 2.44. The normalized spacial score (nSPS) is 10.1. The first kappa shape index (κ1) is 16.6. The Hall–Kier alpha value is -2.74. The van der Waals surface area contributed by atoms with E-state index in [0.717, 1.165) is 12.5 Å². The molecule has 8 heteroatoms. The standard InChI is InChI=1S/C15H15N3O4S/c19-14(8-2-6-13-7-3-9-23-13)16-17-15(20)11-4-1-5-12(10-11)18(21)22/h1,3-5,7,9-10H,2,6,8H2,(H,16,19)(H,17,20). The first-order valence-electron chi connectivity index (χ1n) is 6.92. The molecular formula is C15H15N3O4S. The third kappa shape index (κ3) is 5.19. The molecule has 0 saturated carbocycles. The van der Waals surface area contributed by atoms with E-state index in [4.69, 9.17) is 0 Å². The van der Waals surface area contributed by atoms with Crippen molar-refractivity contribution in [2.45, 2.75) is 19.3 Å². The summed E-state index contributed by atoms with van der Waals surface area (Å²) in [5.41, 5.74) is 4.48. The van der Waals surface area contributed by atoms with Gasteiger partial charge in [-0.15, -0.1) is 11.3 Å². The van der Waals surface area contributed by atoms with E-state index in [2.05, 4.69) is 10.9 Å². The number of rotatable bonds is 6. The summed E-state index contributed by atoms with van der Waals surface area (Å²) in [6.45, 7) is 0. The molecule has 0 unspecified atom stereocenters. The van der Waals surface area contributed by atoms with Crippen molar-refractivity contribution in [2.24, 2.45) is 0 Å². The highest BCUT2D eigenvalue weighted by molar-refractivity contribution is 7.09. The molecule has 2 aromatic rings. The number of carbonyl (C=O) groups is 2. The molecule has 0 radical (unpaired) electrons. The average molecular weight is 333 g/mol. The molecule has 0 bridgehead atoms. The number of aryl methyl sites for hydroxylation is 1. The van der Waals surface area contributed by atoms with Gasteiger partial charge in [0.25, 0.3) is 11.6 Å². The van der Waals surface area contributed by atoms with Gasteiger partial charge in [-0.05, 0) is 30.4 Å². The zero-order valence-electron chi connectivity index (χ0n) is 12.2. The molecule has 2 rings (SSSR count). The molecule has 0 spiro atoms. The Morgan fingerprint density at radius 2 is 2.00 bits per heavy atom. The SMILES string of the molecule is O=C(CCCc1cccs1)NNC(=O)c1cccc([N+](=O)[O-])c1. The fourth-order valence-corrected chi connectivity index (χ4v) is 2.65. The number of nitro benzene ring substituents is 1. The lowest BCUT2D eigenvalue weighted by Crippen LogP contribution is -2.41. The summed E-state index contributed by atoms with van der Waals surface area (Å²) in [5.74, 6) is -0.902. The number of nitrogens with zero attached hydrogens (tertiary/aromatic N) is 1. The van der Waals surface area contributed by atoms with Crippen LogP contribution in [0.15, 0.2) is 41.8 Å². The number of nitro groups is 1. The maximum absolute atomic E-state index is 11.8. The molecular weight excluding hydrogens is 318 g/mol. The van der Waals surface area contributed by atoms with E-state index in [1.165, 1.54) is 23.1 Å². The zero-order chi connectivity index (χ0) is 16.7. The molecule has 0 aliphatic carbocycles. The smallest absolute Gasteiger partial charge is 0.270 e. The van der Waals surface area contributed by atoms with Crippen LogP contribution in [-0.4, -0.2) is 16.7 Å². The lowest BCUT2D eigenvalue weighted by Gasteiger charge is -2.07. The lowest BCUT2D eigenvalue weighted by molar-refractivity contribution is -0.384. The number of nitrogens with one attached hydrogen (secondary N) is 2. The molecule has 1 heterocycles. The number of hydrazine groups is 1. The molecule has 2 N–H and O–H groups in total. The van der Waals surface area contributed by atoms with Crippen LogP contribution < -0.4 is 10.9 Å². The second-order valence-corrected chi connectivity index (χ2v) is 5.77. The van der Waals surface area contributed by atoms with Gasteiger partial charge < -0.3 is 0 Å². The fraction of sp³-hybridized carbons (Fsp3) is 0.200. The summed E-state index contributed by atoms with van der Waals surface area (Å²) < 4.78 is 0. The summed E-state index contributed by atoms with van der Waals surface area (Å²) in [6, 6.07) is 9.26. The van der Waals surface area contributed by atoms with E-state index in [0.29, 0.717) is 6.42 Å². The number of hydrogen-bond acceptors (Lipinski definition) is 5. The predicted molar refractivity (Wildman–Crippen MR) is 86.0 cm³/mol. The Labute approximate surface area is 136 Å². The van der Waals surface area contributed by atoms with Crippen molar-refractivity contribution in [3.05, 3.63) is 62.3 Å². The third-order valence-corrected chi connectivity index (χ3v) is 3.98. The lowest BCUT2D eigenvalue weighted by atomic mass is 10.2. The van der Waals surface area contributed by atoms with Crippen molar-refractivity contribution in [3.63, 3.8) is 0 Å². The summed E-state index contributed by atoms with van der Waals surface area (Å²) in [4.78, 5) is 34.8. The van der Waals surface area contributed by atoms with E-state index in [9.17, 15) is 19.7 Å². The molecule has 0 fully saturated rings. The highest BCUT2D eigenvalue weighted by Gasteiger charge is 2.12. The van der Waals surface area contributed by atoms with Crippen LogP contribution in [0.3, 0.4) is 0 Å². The molecule has 1 aromatic carbocycles. The van der Waals surface area contributed by atoms with Crippen LogP contribution in [0, 0.1) is 10.1 Å². The Bertz CT molecular complexity index is 701. The number of amides is 2. The first-order valence-corrected chi connectivity index (χ1v) is 7.80. The molecule has 2 amide bonds. The van der Waals surface area contributed by atoms with Crippen LogP contribution in [0.25, 0.3) is 0 Å². The number of benzene rings is 1.